The van der Waals surface area contributed by atoms with Crippen LogP contribution < -0.4 is 15.5 Å². The lowest BCUT2D eigenvalue weighted by Crippen LogP contribution is -2.48. The van der Waals surface area contributed by atoms with Gasteiger partial charge < -0.3 is 20.4 Å². The Morgan fingerprint density at radius 3 is 2.56 bits per heavy atom. The largest absolute Gasteiger partial charge is 0.356 e. The van der Waals surface area contributed by atoms with Crippen molar-refractivity contribution in [2.45, 2.75) is 32.4 Å². The number of rotatable bonds is 2. The van der Waals surface area contributed by atoms with Crippen LogP contribution in [-0.4, -0.2) is 49.0 Å². The Bertz CT molecular complexity index is 1070. The molecule has 2 bridgehead atoms. The molecule has 2 N–H and O–H groups in total. The molecule has 3 aliphatic rings. The molecule has 0 aromatic heterocycles. The third-order valence-corrected chi connectivity index (χ3v) is 6.77. The quantitative estimate of drug-likeness (QED) is 0.763. The standard InChI is InChI=1S/C25H29N5O2/c1-16-6-5-7-19(12-16)26-25(32)28-22-24(31)29(2)21-9-4-3-8-20(21)23(27-22)30-14-17-10-11-18(13-17)15-30/h3-9,12,17-18,22H,10-11,13-15H2,1-2H3,(H2,26,28,32). The molecule has 1 aliphatic carbocycles. The number of aliphatic imine (C=N–C) groups is 1. The van der Waals surface area contributed by atoms with Crippen LogP contribution in [0.15, 0.2) is 53.5 Å². The monoisotopic (exact) mass is 431 g/mol. The molecule has 32 heavy (non-hydrogen) atoms. The Balaban J connectivity index is 1.45. The smallest absolute Gasteiger partial charge is 0.321 e. The molecule has 2 aliphatic heterocycles. The Labute approximate surface area is 188 Å². The topological polar surface area (TPSA) is 77.0 Å². The van der Waals surface area contributed by atoms with E-state index < -0.39 is 12.2 Å². The predicted molar refractivity (Wildman–Crippen MR) is 126 cm³/mol. The number of nitrogens with zero attached hydrogens (tertiary/aromatic N) is 3. The number of anilines is 2. The molecule has 0 spiro atoms. The van der Waals surface area contributed by atoms with E-state index >= 15 is 0 Å². The number of nitrogens with one attached hydrogen (secondary N) is 2. The van der Waals surface area contributed by atoms with Gasteiger partial charge in [0.1, 0.15) is 5.84 Å². The summed E-state index contributed by atoms with van der Waals surface area (Å²) in [7, 11) is 1.74. The molecule has 7 heteroatoms. The van der Waals surface area contributed by atoms with Gasteiger partial charge in [-0.25, -0.2) is 9.79 Å². The SMILES string of the molecule is Cc1cccc(NC(=O)NC2N=C(N3CC4CCC(C4)C3)c3ccccc3N(C)C2=O)c1. The zero-order chi connectivity index (χ0) is 22.2. The number of piperidine rings is 1. The highest BCUT2D eigenvalue weighted by atomic mass is 16.2. The molecule has 1 saturated heterocycles. The van der Waals surface area contributed by atoms with Gasteiger partial charge in [0.25, 0.3) is 5.91 Å². The number of hydrogen-bond acceptors (Lipinski definition) is 4. The minimum absolute atomic E-state index is 0.258. The highest BCUT2D eigenvalue weighted by Gasteiger charge is 2.38. The van der Waals surface area contributed by atoms with Crippen LogP contribution in [0.4, 0.5) is 16.2 Å². The number of aryl methyl sites for hydroxylation is 1. The van der Waals surface area contributed by atoms with E-state index in [1.165, 1.54) is 19.3 Å². The van der Waals surface area contributed by atoms with Crippen LogP contribution in [0.2, 0.25) is 0 Å². The maximum atomic E-state index is 13.3. The highest BCUT2D eigenvalue weighted by Crippen LogP contribution is 2.38. The highest BCUT2D eigenvalue weighted by molar-refractivity contribution is 6.12. The zero-order valence-electron chi connectivity index (χ0n) is 18.5. The van der Waals surface area contributed by atoms with Gasteiger partial charge in [-0.3, -0.25) is 4.79 Å². The molecule has 5 rings (SSSR count). The molecule has 3 amide bonds. The number of carbonyl (C=O) groups is 2. The summed E-state index contributed by atoms with van der Waals surface area (Å²) in [5, 5.41) is 5.62. The second-order valence-electron chi connectivity index (χ2n) is 9.19. The summed E-state index contributed by atoms with van der Waals surface area (Å²) in [5.41, 5.74) is 3.48. The zero-order valence-corrected chi connectivity index (χ0v) is 18.5. The first kappa shape index (κ1) is 20.5. The van der Waals surface area contributed by atoms with Gasteiger partial charge in [-0.05, 0) is 67.9 Å². The Kier molecular flexibility index (Phi) is 5.33. The molecule has 7 nitrogen and oxygen atoms in total. The van der Waals surface area contributed by atoms with Gasteiger partial charge in [-0.15, -0.1) is 0 Å². The maximum absolute atomic E-state index is 13.3. The number of benzene rings is 2. The number of likely N-dealkylation sites (tertiary alicyclic amines) is 1. The van der Waals surface area contributed by atoms with E-state index in [1.807, 2.05) is 55.5 Å². The van der Waals surface area contributed by atoms with Crippen molar-refractivity contribution in [3.8, 4) is 0 Å². The summed E-state index contributed by atoms with van der Waals surface area (Å²) in [4.78, 5) is 34.8. The van der Waals surface area contributed by atoms with Crippen molar-refractivity contribution >= 4 is 29.1 Å². The summed E-state index contributed by atoms with van der Waals surface area (Å²) in [5.74, 6) is 1.90. The molecule has 2 aromatic carbocycles. The van der Waals surface area contributed by atoms with Crippen molar-refractivity contribution in [1.29, 1.82) is 0 Å². The van der Waals surface area contributed by atoms with Gasteiger partial charge in [0.05, 0.1) is 5.69 Å². The van der Waals surface area contributed by atoms with E-state index in [4.69, 9.17) is 4.99 Å². The van der Waals surface area contributed by atoms with Crippen LogP contribution in [0.5, 0.6) is 0 Å². The predicted octanol–water partition coefficient (Wildman–Crippen LogP) is 3.60. The second-order valence-corrected chi connectivity index (χ2v) is 9.19. The fraction of sp³-hybridized carbons (Fsp3) is 0.400. The van der Waals surface area contributed by atoms with Crippen LogP contribution in [0.25, 0.3) is 0 Å². The number of carbonyl (C=O) groups excluding carboxylic acids is 2. The second kappa shape index (κ2) is 8.30. The molecule has 3 unspecified atom stereocenters. The number of amides is 3. The average molecular weight is 432 g/mol. The number of fused-ring (bicyclic) bond motifs is 3. The van der Waals surface area contributed by atoms with E-state index in [-0.39, 0.29) is 5.91 Å². The van der Waals surface area contributed by atoms with Crippen LogP contribution in [0.3, 0.4) is 0 Å². The lowest BCUT2D eigenvalue weighted by molar-refractivity contribution is -0.119. The third kappa shape index (κ3) is 3.95. The van der Waals surface area contributed by atoms with E-state index in [0.717, 1.165) is 35.7 Å². The molecular formula is C25H29N5O2. The molecule has 166 valence electrons. The fourth-order valence-corrected chi connectivity index (χ4v) is 5.25. The normalized spacial score (nSPS) is 24.5. The van der Waals surface area contributed by atoms with E-state index in [9.17, 15) is 9.59 Å². The molecule has 1 saturated carbocycles. The third-order valence-electron chi connectivity index (χ3n) is 6.77. The van der Waals surface area contributed by atoms with Gasteiger partial charge in [0, 0.05) is 31.4 Å². The molecule has 0 radical (unpaired) electrons. The van der Waals surface area contributed by atoms with Crippen LogP contribution >= 0.6 is 0 Å². The number of likely N-dealkylation sites (N-methyl/N-ethyl adjacent to an activating group) is 1. The van der Waals surface area contributed by atoms with Crippen molar-refractivity contribution in [3.05, 3.63) is 59.7 Å². The lowest BCUT2D eigenvalue weighted by atomic mass is 9.97. The van der Waals surface area contributed by atoms with Gasteiger partial charge in [-0.1, -0.05) is 24.3 Å². The summed E-state index contributed by atoms with van der Waals surface area (Å²) in [6.45, 7) is 3.86. The van der Waals surface area contributed by atoms with Crippen molar-refractivity contribution in [2.24, 2.45) is 16.8 Å². The molecular weight excluding hydrogens is 402 g/mol. The van der Waals surface area contributed by atoms with Crippen molar-refractivity contribution in [1.82, 2.24) is 10.2 Å². The van der Waals surface area contributed by atoms with E-state index in [0.29, 0.717) is 17.5 Å². The minimum atomic E-state index is -0.994. The number of urea groups is 1. The molecule has 2 fully saturated rings. The number of hydrogen-bond donors (Lipinski definition) is 2. The Morgan fingerprint density at radius 1 is 1.06 bits per heavy atom. The summed E-state index contributed by atoms with van der Waals surface area (Å²) in [6.07, 6.45) is 2.81. The lowest BCUT2D eigenvalue weighted by Gasteiger charge is -2.34. The Hall–Kier alpha value is -3.35. The number of benzodiazepines with no additional fused rings is 1. The molecule has 2 heterocycles. The number of amidine groups is 1. The summed E-state index contributed by atoms with van der Waals surface area (Å²) < 4.78 is 0. The van der Waals surface area contributed by atoms with Gasteiger partial charge in [-0.2, -0.15) is 0 Å². The van der Waals surface area contributed by atoms with Crippen molar-refractivity contribution in [3.63, 3.8) is 0 Å². The van der Waals surface area contributed by atoms with E-state index in [1.54, 1.807) is 11.9 Å². The van der Waals surface area contributed by atoms with Crippen LogP contribution in [-0.2, 0) is 4.79 Å². The van der Waals surface area contributed by atoms with E-state index in [2.05, 4.69) is 15.5 Å². The minimum Gasteiger partial charge on any atom is -0.356 e. The first-order valence-corrected chi connectivity index (χ1v) is 11.3. The van der Waals surface area contributed by atoms with Crippen molar-refractivity contribution < 1.29 is 9.59 Å². The first-order chi connectivity index (χ1) is 15.5. The first-order valence-electron chi connectivity index (χ1n) is 11.3. The Morgan fingerprint density at radius 2 is 1.81 bits per heavy atom. The summed E-state index contributed by atoms with van der Waals surface area (Å²) in [6, 6.07) is 15.0. The van der Waals surface area contributed by atoms with Gasteiger partial charge in [0.2, 0.25) is 6.17 Å². The molecule has 2 aromatic rings. The van der Waals surface area contributed by atoms with Crippen LogP contribution in [0.1, 0.15) is 30.4 Å². The fourth-order valence-electron chi connectivity index (χ4n) is 5.25. The van der Waals surface area contributed by atoms with Crippen LogP contribution in [0, 0.1) is 18.8 Å². The van der Waals surface area contributed by atoms with Crippen molar-refractivity contribution in [2.75, 3.05) is 30.4 Å². The van der Waals surface area contributed by atoms with Gasteiger partial charge in [0.15, 0.2) is 0 Å². The summed E-state index contributed by atoms with van der Waals surface area (Å²) >= 11 is 0. The van der Waals surface area contributed by atoms with Gasteiger partial charge >= 0.3 is 6.03 Å². The maximum Gasteiger partial charge on any atom is 0.321 e. The number of para-hydroxylation sites is 1. The molecule has 3 atom stereocenters. The average Bonchev–Trinajstić information content (AvgIpc) is 3.08.